The Labute approximate surface area is 139 Å². The van der Waals surface area contributed by atoms with E-state index in [2.05, 4.69) is 19.5 Å². The lowest BCUT2D eigenvalue weighted by molar-refractivity contribution is -0.0949. The molecule has 0 aromatic carbocycles. The Kier molecular flexibility index (Phi) is 4.20. The summed E-state index contributed by atoms with van der Waals surface area (Å²) in [7, 11) is -4.78. The van der Waals surface area contributed by atoms with E-state index in [0.29, 0.717) is 0 Å². The molecule has 2 aromatic heterocycles. The van der Waals surface area contributed by atoms with E-state index in [1.807, 2.05) is 0 Å². The Morgan fingerprint density at radius 1 is 1.56 bits per heavy atom. The average Bonchev–Trinajstić information content (AvgIpc) is 2.97. The molecule has 13 nitrogen and oxygen atoms in total. The van der Waals surface area contributed by atoms with E-state index in [9.17, 15) is 19.6 Å². The van der Waals surface area contributed by atoms with Crippen molar-refractivity contribution >= 4 is 24.9 Å². The maximum Gasteiger partial charge on any atom is 0.469 e. The second-order valence-electron chi connectivity index (χ2n) is 5.76. The summed E-state index contributed by atoms with van der Waals surface area (Å²) < 4.78 is 21.8. The van der Waals surface area contributed by atoms with E-state index < -0.39 is 44.0 Å². The second-order valence-corrected chi connectivity index (χ2v) is 7.00. The highest BCUT2D eigenvalue weighted by atomic mass is 31.2. The minimum Gasteiger partial charge on any atom is -0.387 e. The minimum atomic E-state index is -4.78. The Morgan fingerprint density at radius 2 is 2.24 bits per heavy atom. The number of aromatic nitrogens is 4. The number of aliphatic hydroxyl groups excluding tert-OH is 1. The van der Waals surface area contributed by atoms with E-state index in [4.69, 9.17) is 20.3 Å². The zero-order valence-corrected chi connectivity index (χ0v) is 13.7. The number of imidazole rings is 1. The number of hydrogen-bond donors (Lipinski definition) is 6. The standard InChI is InChI=1S/C11H16N5O8P/c1-11(19)6(17)4(2-23-25(20,21)22)24-9(11)16-3-13-5-7(16)14-10(12)15-8(5)18/h3-4,6,9,17,19H,2H2,1H3,(H2,20,21,22)(H3,12,14,15,18)/t4-,6?,9-,11-/m1/s1. The molecule has 1 unspecified atom stereocenters. The summed E-state index contributed by atoms with van der Waals surface area (Å²) in [6.45, 7) is 0.586. The van der Waals surface area contributed by atoms with Crippen LogP contribution in [-0.4, -0.2) is 63.9 Å². The maximum atomic E-state index is 11.8. The van der Waals surface area contributed by atoms with Crippen molar-refractivity contribution in [3.8, 4) is 0 Å². The van der Waals surface area contributed by atoms with Crippen molar-refractivity contribution in [2.75, 3.05) is 12.3 Å². The number of hydrogen-bond acceptors (Lipinski definition) is 9. The summed E-state index contributed by atoms with van der Waals surface area (Å²) >= 11 is 0. The third kappa shape index (κ3) is 3.18. The van der Waals surface area contributed by atoms with Gasteiger partial charge in [-0.25, -0.2) is 9.55 Å². The molecule has 1 aliphatic rings. The third-order valence-corrected chi connectivity index (χ3v) is 4.35. The van der Waals surface area contributed by atoms with E-state index in [1.54, 1.807) is 0 Å². The number of nitrogens with two attached hydrogens (primary N) is 1. The highest BCUT2D eigenvalue weighted by Crippen LogP contribution is 2.42. The molecule has 25 heavy (non-hydrogen) atoms. The van der Waals surface area contributed by atoms with E-state index >= 15 is 0 Å². The first-order valence-corrected chi connectivity index (χ1v) is 8.52. The lowest BCUT2D eigenvalue weighted by Gasteiger charge is -2.27. The van der Waals surface area contributed by atoms with Gasteiger partial charge in [0.25, 0.3) is 5.56 Å². The van der Waals surface area contributed by atoms with Crippen molar-refractivity contribution < 1.29 is 33.8 Å². The number of anilines is 1. The number of phosphoric acid groups is 1. The minimum absolute atomic E-state index is 0.00952. The molecule has 0 radical (unpaired) electrons. The van der Waals surface area contributed by atoms with Crippen molar-refractivity contribution in [3.63, 3.8) is 0 Å². The number of ether oxygens (including phenoxy) is 1. The van der Waals surface area contributed by atoms with Gasteiger partial charge in [-0.1, -0.05) is 0 Å². The van der Waals surface area contributed by atoms with Gasteiger partial charge in [0.2, 0.25) is 5.95 Å². The van der Waals surface area contributed by atoms with Crippen LogP contribution in [0.1, 0.15) is 13.2 Å². The number of aromatic amines is 1. The molecular weight excluding hydrogens is 361 g/mol. The molecule has 0 amide bonds. The fourth-order valence-corrected chi connectivity index (χ4v) is 3.00. The molecule has 1 saturated heterocycles. The van der Waals surface area contributed by atoms with Gasteiger partial charge in [0.15, 0.2) is 17.4 Å². The smallest absolute Gasteiger partial charge is 0.387 e. The average molecular weight is 377 g/mol. The summed E-state index contributed by atoms with van der Waals surface area (Å²) in [5, 5.41) is 20.8. The predicted molar refractivity (Wildman–Crippen MR) is 81.1 cm³/mol. The zero-order valence-electron chi connectivity index (χ0n) is 12.8. The second kappa shape index (κ2) is 5.85. The lowest BCUT2D eigenvalue weighted by atomic mass is 9.96. The molecule has 138 valence electrons. The first kappa shape index (κ1) is 17.9. The van der Waals surface area contributed by atoms with Gasteiger partial charge in [0.1, 0.15) is 17.8 Å². The van der Waals surface area contributed by atoms with Crippen molar-refractivity contribution in [1.29, 1.82) is 0 Å². The van der Waals surface area contributed by atoms with Crippen molar-refractivity contribution in [2.24, 2.45) is 0 Å². The zero-order chi connectivity index (χ0) is 18.6. The van der Waals surface area contributed by atoms with Crippen LogP contribution in [0.25, 0.3) is 11.2 Å². The van der Waals surface area contributed by atoms with Crippen molar-refractivity contribution in [1.82, 2.24) is 19.5 Å². The van der Waals surface area contributed by atoms with Crippen LogP contribution in [0.15, 0.2) is 11.1 Å². The number of nitrogens with zero attached hydrogens (tertiary/aromatic N) is 3. The van der Waals surface area contributed by atoms with Crippen molar-refractivity contribution in [2.45, 2.75) is 31.0 Å². The number of H-pyrrole nitrogens is 1. The van der Waals surface area contributed by atoms with Crippen LogP contribution in [0.2, 0.25) is 0 Å². The van der Waals surface area contributed by atoms with Crippen LogP contribution in [-0.2, 0) is 13.8 Å². The largest absolute Gasteiger partial charge is 0.469 e. The van der Waals surface area contributed by atoms with Crippen LogP contribution < -0.4 is 11.3 Å². The van der Waals surface area contributed by atoms with Gasteiger partial charge in [0, 0.05) is 0 Å². The quantitative estimate of drug-likeness (QED) is 0.316. The molecule has 3 rings (SSSR count). The summed E-state index contributed by atoms with van der Waals surface area (Å²) in [6, 6.07) is 0. The Balaban J connectivity index is 1.97. The first-order valence-electron chi connectivity index (χ1n) is 6.99. The molecule has 2 aromatic rings. The molecular formula is C11H16N5O8P. The molecule has 7 N–H and O–H groups in total. The monoisotopic (exact) mass is 377 g/mol. The molecule has 0 aliphatic carbocycles. The first-order chi connectivity index (χ1) is 11.5. The molecule has 1 aliphatic heterocycles. The van der Waals surface area contributed by atoms with Crippen LogP contribution in [0, 0.1) is 0 Å². The highest BCUT2D eigenvalue weighted by Gasteiger charge is 2.54. The van der Waals surface area contributed by atoms with Gasteiger partial charge < -0.3 is 30.5 Å². The molecule has 4 atom stereocenters. The summed E-state index contributed by atoms with van der Waals surface area (Å²) in [5.41, 5.74) is 2.96. The predicted octanol–water partition coefficient (Wildman–Crippen LogP) is -2.18. The number of fused-ring (bicyclic) bond motifs is 1. The summed E-state index contributed by atoms with van der Waals surface area (Å²) in [6.07, 6.45) is -2.87. The van der Waals surface area contributed by atoms with E-state index in [-0.39, 0.29) is 17.1 Å². The Morgan fingerprint density at radius 3 is 2.88 bits per heavy atom. The van der Waals surface area contributed by atoms with Crippen LogP contribution in [0.5, 0.6) is 0 Å². The lowest BCUT2D eigenvalue weighted by Crippen LogP contribution is -2.44. The molecule has 0 spiro atoms. The Bertz CT molecular complexity index is 903. The number of nitrogen functional groups attached to an aromatic ring is 1. The van der Waals surface area contributed by atoms with Gasteiger partial charge in [0.05, 0.1) is 12.9 Å². The topological polar surface area (TPSA) is 206 Å². The highest BCUT2D eigenvalue weighted by molar-refractivity contribution is 7.46. The number of rotatable bonds is 4. The van der Waals surface area contributed by atoms with E-state index in [1.165, 1.54) is 17.8 Å². The number of aliphatic hydroxyl groups is 2. The maximum absolute atomic E-state index is 11.8. The number of phosphoric ester groups is 1. The third-order valence-electron chi connectivity index (χ3n) is 3.86. The van der Waals surface area contributed by atoms with Gasteiger partial charge >= 0.3 is 7.82 Å². The molecule has 0 bridgehead atoms. The normalized spacial score (nSPS) is 30.2. The van der Waals surface area contributed by atoms with Gasteiger partial charge in [-0.15, -0.1) is 0 Å². The SMILES string of the molecule is C[C@@]1(O)C(O)[C@@H](COP(=O)(O)O)O[C@H]1n1cnc2c(=O)[nH]c(N)nc21. The van der Waals surface area contributed by atoms with E-state index in [0.717, 1.165) is 0 Å². The number of nitrogens with one attached hydrogen (secondary N) is 1. The van der Waals surface area contributed by atoms with Crippen LogP contribution >= 0.6 is 7.82 Å². The fourth-order valence-electron chi connectivity index (χ4n) is 2.66. The molecule has 14 heteroatoms. The molecule has 3 heterocycles. The van der Waals surface area contributed by atoms with Gasteiger partial charge in [-0.3, -0.25) is 18.9 Å². The Hall–Kier alpha value is -1.86. The van der Waals surface area contributed by atoms with Crippen molar-refractivity contribution in [3.05, 3.63) is 16.7 Å². The van der Waals surface area contributed by atoms with Gasteiger partial charge in [-0.05, 0) is 6.92 Å². The molecule has 0 saturated carbocycles. The molecule has 1 fully saturated rings. The van der Waals surface area contributed by atoms with Gasteiger partial charge in [-0.2, -0.15) is 4.98 Å². The van der Waals surface area contributed by atoms with Crippen LogP contribution in [0.3, 0.4) is 0 Å². The fraction of sp³-hybridized carbons (Fsp3) is 0.545. The van der Waals surface area contributed by atoms with Crippen LogP contribution in [0.4, 0.5) is 5.95 Å². The summed E-state index contributed by atoms with van der Waals surface area (Å²) in [4.78, 5) is 39.4. The summed E-state index contributed by atoms with van der Waals surface area (Å²) in [5.74, 6) is -0.182.